The van der Waals surface area contributed by atoms with E-state index >= 15 is 4.39 Å². The lowest BCUT2D eigenvalue weighted by Gasteiger charge is -2.44. The summed E-state index contributed by atoms with van der Waals surface area (Å²) < 4.78 is 24.8. The van der Waals surface area contributed by atoms with E-state index in [9.17, 15) is 14.7 Å². The second-order valence-electron chi connectivity index (χ2n) is 11.3. The summed E-state index contributed by atoms with van der Waals surface area (Å²) in [5.74, 6) is -0.942. The van der Waals surface area contributed by atoms with Crippen molar-refractivity contribution < 1.29 is 19.0 Å². The number of aromatic hydroxyl groups is 1. The molecule has 0 radical (unpaired) electrons. The number of para-hydroxylation sites is 1. The van der Waals surface area contributed by atoms with E-state index in [1.54, 1.807) is 35.4 Å². The van der Waals surface area contributed by atoms with Crippen LogP contribution < -0.4 is 15.3 Å². The molecule has 2 aliphatic rings. The van der Waals surface area contributed by atoms with E-state index in [1.165, 1.54) is 16.7 Å². The molecule has 0 bridgehead atoms. The van der Waals surface area contributed by atoms with Gasteiger partial charge in [-0.2, -0.15) is 4.98 Å². The Hall–Kier alpha value is -4.44. The number of hydrogen-bond acceptors (Lipinski definition) is 7. The van der Waals surface area contributed by atoms with Gasteiger partial charge in [0.05, 0.1) is 27.8 Å². The standard InChI is InChI=1S/C32H31ClFN5O4/c1-6-22(41)37-14-19-15-43-30-24-29(26(34)23(25(30)33)20-9-7-8-10-21(20)40)39(28-17(4)11-12-35-27(28)16(2)3)32(42)36-31(24)38(19)13-18(37)5/h6-12,16,18-19,40H,1,13-15H2,2-5H3. The fourth-order valence-electron chi connectivity index (χ4n) is 6.17. The highest BCUT2D eigenvalue weighted by atomic mass is 35.5. The maximum atomic E-state index is 17.2. The van der Waals surface area contributed by atoms with Gasteiger partial charge in [0.15, 0.2) is 11.6 Å². The predicted molar refractivity (Wildman–Crippen MR) is 164 cm³/mol. The molecule has 11 heteroatoms. The van der Waals surface area contributed by atoms with Gasteiger partial charge < -0.3 is 19.6 Å². The maximum absolute atomic E-state index is 17.2. The molecule has 0 saturated carbocycles. The van der Waals surface area contributed by atoms with Crippen molar-refractivity contribution in [2.24, 2.45) is 0 Å². The summed E-state index contributed by atoms with van der Waals surface area (Å²) in [6.07, 6.45) is 2.92. The number of fused-ring (bicyclic) bond motifs is 2. The number of rotatable bonds is 4. The minimum Gasteiger partial charge on any atom is -0.507 e. The van der Waals surface area contributed by atoms with Crippen molar-refractivity contribution >= 4 is 34.2 Å². The third-order valence-corrected chi connectivity index (χ3v) is 8.60. The number of halogens is 2. The van der Waals surface area contributed by atoms with Crippen molar-refractivity contribution in [1.29, 1.82) is 0 Å². The van der Waals surface area contributed by atoms with Crippen LogP contribution in [-0.4, -0.2) is 62.2 Å². The van der Waals surface area contributed by atoms with Crippen molar-refractivity contribution in [3.8, 4) is 28.3 Å². The molecule has 1 saturated heterocycles. The Bertz CT molecular complexity index is 1870. The van der Waals surface area contributed by atoms with Crippen LogP contribution >= 0.6 is 11.6 Å². The molecule has 2 unspecified atom stereocenters. The summed E-state index contributed by atoms with van der Waals surface area (Å²) in [6.45, 7) is 11.9. The van der Waals surface area contributed by atoms with E-state index < -0.39 is 17.5 Å². The number of ether oxygens (including phenoxy) is 1. The molecule has 222 valence electrons. The lowest BCUT2D eigenvalue weighted by molar-refractivity contribution is -0.129. The molecular weight excluding hydrogens is 573 g/mol. The number of pyridine rings is 1. The molecule has 2 aromatic heterocycles. The number of carbonyl (C=O) groups excluding carboxylic acids is 1. The van der Waals surface area contributed by atoms with Crippen molar-refractivity contribution in [2.75, 3.05) is 24.6 Å². The SMILES string of the molecule is C=CC(=O)N1CC2COc3c(Cl)c(-c4ccccc4O)c(F)c4c3c(nc(=O)n4-c3c(C)ccnc3C(C)C)N2CC1C. The van der Waals surface area contributed by atoms with E-state index in [4.69, 9.17) is 16.3 Å². The maximum Gasteiger partial charge on any atom is 0.354 e. The van der Waals surface area contributed by atoms with Gasteiger partial charge in [0.25, 0.3) is 0 Å². The van der Waals surface area contributed by atoms with Crippen LogP contribution in [0.25, 0.3) is 27.7 Å². The number of phenols is 1. The lowest BCUT2D eigenvalue weighted by Crippen LogP contribution is -2.60. The van der Waals surface area contributed by atoms with Gasteiger partial charge in [-0.15, -0.1) is 0 Å². The molecule has 0 spiro atoms. The van der Waals surface area contributed by atoms with Crippen molar-refractivity contribution in [3.05, 3.63) is 81.8 Å². The molecule has 6 rings (SSSR count). The van der Waals surface area contributed by atoms with Crippen LogP contribution in [0.3, 0.4) is 0 Å². The molecule has 0 aliphatic carbocycles. The van der Waals surface area contributed by atoms with Gasteiger partial charge in [-0.3, -0.25) is 14.3 Å². The predicted octanol–water partition coefficient (Wildman–Crippen LogP) is 5.36. The number of aromatic nitrogens is 3. The Kier molecular flexibility index (Phi) is 7.12. The summed E-state index contributed by atoms with van der Waals surface area (Å²) >= 11 is 6.96. The number of nitrogens with zero attached hydrogens (tertiary/aromatic N) is 5. The molecule has 1 amide bonds. The number of hydrogen-bond donors (Lipinski definition) is 1. The van der Waals surface area contributed by atoms with Crippen LogP contribution in [0.2, 0.25) is 5.02 Å². The largest absolute Gasteiger partial charge is 0.507 e. The summed E-state index contributed by atoms with van der Waals surface area (Å²) in [5.41, 5.74) is 0.989. The first-order chi connectivity index (χ1) is 20.5. The molecule has 2 atom stereocenters. The molecule has 4 heterocycles. The summed E-state index contributed by atoms with van der Waals surface area (Å²) in [4.78, 5) is 39.5. The number of carbonyl (C=O) groups is 1. The number of aryl methyl sites for hydroxylation is 1. The van der Waals surface area contributed by atoms with Crippen LogP contribution in [-0.2, 0) is 4.79 Å². The number of benzene rings is 2. The third-order valence-electron chi connectivity index (χ3n) is 8.24. The van der Waals surface area contributed by atoms with E-state index in [0.29, 0.717) is 23.5 Å². The Balaban J connectivity index is 1.75. The number of amides is 1. The molecular formula is C32H31ClFN5O4. The van der Waals surface area contributed by atoms with Crippen LogP contribution in [0.15, 0.2) is 54.0 Å². The quantitative estimate of drug-likeness (QED) is 0.313. The van der Waals surface area contributed by atoms with E-state index in [2.05, 4.69) is 16.5 Å². The van der Waals surface area contributed by atoms with Gasteiger partial charge in [-0.25, -0.2) is 9.18 Å². The van der Waals surface area contributed by atoms with Gasteiger partial charge >= 0.3 is 5.69 Å². The van der Waals surface area contributed by atoms with Gasteiger partial charge in [-0.05, 0) is 43.5 Å². The molecule has 1 fully saturated rings. The molecule has 1 N–H and O–H groups in total. The molecule has 43 heavy (non-hydrogen) atoms. The minimum absolute atomic E-state index is 0.0568. The number of anilines is 1. The first-order valence-electron chi connectivity index (χ1n) is 14.1. The second-order valence-corrected chi connectivity index (χ2v) is 11.7. The van der Waals surface area contributed by atoms with Crippen molar-refractivity contribution in [3.63, 3.8) is 0 Å². The highest BCUT2D eigenvalue weighted by Gasteiger charge is 2.40. The van der Waals surface area contributed by atoms with Crippen LogP contribution in [0.5, 0.6) is 11.5 Å². The van der Waals surface area contributed by atoms with Crippen molar-refractivity contribution in [2.45, 2.75) is 45.7 Å². The highest BCUT2D eigenvalue weighted by molar-refractivity contribution is 6.36. The van der Waals surface area contributed by atoms with Gasteiger partial charge in [0.1, 0.15) is 23.7 Å². The fourth-order valence-corrected chi connectivity index (χ4v) is 6.50. The fraction of sp³-hybridized carbons (Fsp3) is 0.312. The third kappa shape index (κ3) is 4.43. The van der Waals surface area contributed by atoms with E-state index in [0.717, 1.165) is 0 Å². The zero-order valence-electron chi connectivity index (χ0n) is 24.3. The second kappa shape index (κ2) is 10.7. The van der Waals surface area contributed by atoms with Gasteiger partial charge in [0.2, 0.25) is 5.91 Å². The van der Waals surface area contributed by atoms with E-state index in [-0.39, 0.29) is 75.4 Å². The summed E-state index contributed by atoms with van der Waals surface area (Å²) in [5, 5.41) is 10.9. The molecule has 4 aromatic rings. The Morgan fingerprint density at radius 3 is 2.70 bits per heavy atom. The van der Waals surface area contributed by atoms with Crippen molar-refractivity contribution in [1.82, 2.24) is 19.4 Å². The molecule has 9 nitrogen and oxygen atoms in total. The Morgan fingerprint density at radius 1 is 1.26 bits per heavy atom. The van der Waals surface area contributed by atoms with Gasteiger partial charge in [0, 0.05) is 36.5 Å². The highest BCUT2D eigenvalue weighted by Crippen LogP contribution is 2.50. The van der Waals surface area contributed by atoms with Gasteiger partial charge in [-0.1, -0.05) is 50.2 Å². The minimum atomic E-state index is -0.806. The topological polar surface area (TPSA) is 101 Å². The average Bonchev–Trinajstić information content (AvgIpc) is 3.12. The average molecular weight is 604 g/mol. The Labute approximate surface area is 252 Å². The lowest BCUT2D eigenvalue weighted by atomic mass is 9.99. The first-order valence-corrected chi connectivity index (χ1v) is 14.5. The zero-order chi connectivity index (χ0) is 30.7. The number of piperazine rings is 1. The first kappa shape index (κ1) is 28.7. The summed E-state index contributed by atoms with van der Waals surface area (Å²) in [6, 6.07) is 7.38. The van der Waals surface area contributed by atoms with Crippen LogP contribution in [0.4, 0.5) is 10.2 Å². The summed E-state index contributed by atoms with van der Waals surface area (Å²) in [7, 11) is 0. The monoisotopic (exact) mass is 603 g/mol. The van der Waals surface area contributed by atoms with E-state index in [1.807, 2.05) is 32.6 Å². The number of phenolic OH excluding ortho intramolecular Hbond substituents is 1. The zero-order valence-corrected chi connectivity index (χ0v) is 25.0. The Morgan fingerprint density at radius 2 is 2.00 bits per heavy atom. The van der Waals surface area contributed by atoms with Crippen LogP contribution in [0.1, 0.15) is 37.9 Å². The van der Waals surface area contributed by atoms with Crippen LogP contribution in [0, 0.1) is 12.7 Å². The molecule has 2 aliphatic heterocycles. The molecule has 2 aromatic carbocycles. The normalized spacial score (nSPS) is 17.9. The smallest absolute Gasteiger partial charge is 0.354 e.